The van der Waals surface area contributed by atoms with Crippen LogP contribution in [0.3, 0.4) is 0 Å². The summed E-state index contributed by atoms with van der Waals surface area (Å²) < 4.78 is 23.3. The molecule has 7 heteroatoms. The molecule has 2 heterocycles. The lowest BCUT2D eigenvalue weighted by atomic mass is 10.0. The summed E-state index contributed by atoms with van der Waals surface area (Å²) in [4.78, 5) is 18.8. The molecule has 1 unspecified atom stereocenters. The summed E-state index contributed by atoms with van der Waals surface area (Å²) in [7, 11) is -1.11. The number of nitrogens with zero attached hydrogens (tertiary/aromatic N) is 2. The van der Waals surface area contributed by atoms with E-state index in [0.717, 1.165) is 22.4 Å². The van der Waals surface area contributed by atoms with Gasteiger partial charge in [-0.2, -0.15) is 0 Å². The molecular formula is C20H25N3O3S. The molecule has 1 atom stereocenters. The molecule has 1 aliphatic heterocycles. The average molecular weight is 388 g/mol. The Kier molecular flexibility index (Phi) is 5.24. The maximum Gasteiger partial charge on any atom is 0.257 e. The predicted molar refractivity (Wildman–Crippen MR) is 108 cm³/mol. The highest BCUT2D eigenvalue weighted by Gasteiger charge is 2.31. The van der Waals surface area contributed by atoms with Crippen LogP contribution < -0.4 is 10.2 Å². The molecule has 1 amide bonds. The average Bonchev–Trinajstić information content (AvgIpc) is 2.97. The number of hydrogen-bond donors (Lipinski definition) is 1. The van der Waals surface area contributed by atoms with E-state index >= 15 is 0 Å². The van der Waals surface area contributed by atoms with E-state index in [9.17, 15) is 13.2 Å². The number of carbonyl (C=O) groups excluding carboxylic acids is 1. The molecule has 1 aliphatic rings. The lowest BCUT2D eigenvalue weighted by Gasteiger charge is -2.24. The largest absolute Gasteiger partial charge is 0.356 e. The smallest absolute Gasteiger partial charge is 0.257 e. The molecule has 2 aromatic rings. The molecule has 1 aromatic carbocycles. The number of carbonyl (C=O) groups is 1. The first-order valence-electron chi connectivity index (χ1n) is 8.95. The van der Waals surface area contributed by atoms with E-state index in [-0.39, 0.29) is 23.5 Å². The summed E-state index contributed by atoms with van der Waals surface area (Å²) in [5.74, 6) is 0.823. The van der Waals surface area contributed by atoms with Crippen molar-refractivity contribution in [3.05, 3.63) is 52.7 Å². The second kappa shape index (κ2) is 7.31. The van der Waals surface area contributed by atoms with Crippen LogP contribution in [-0.2, 0) is 9.84 Å². The molecule has 6 nitrogen and oxygen atoms in total. The van der Waals surface area contributed by atoms with Crippen molar-refractivity contribution in [2.45, 2.75) is 33.2 Å². The van der Waals surface area contributed by atoms with Gasteiger partial charge in [0.15, 0.2) is 9.84 Å². The van der Waals surface area contributed by atoms with Crippen LogP contribution >= 0.6 is 0 Å². The summed E-state index contributed by atoms with van der Waals surface area (Å²) in [5.41, 5.74) is 4.49. The summed E-state index contributed by atoms with van der Waals surface area (Å²) >= 11 is 0. The Morgan fingerprint density at radius 3 is 2.37 bits per heavy atom. The van der Waals surface area contributed by atoms with Gasteiger partial charge in [-0.05, 0) is 50.5 Å². The minimum absolute atomic E-state index is 0.0694. The third kappa shape index (κ3) is 4.30. The number of aromatic nitrogens is 1. The molecule has 0 radical (unpaired) electrons. The zero-order chi connectivity index (χ0) is 19.8. The van der Waals surface area contributed by atoms with Crippen LogP contribution in [0.4, 0.5) is 11.5 Å². The fourth-order valence-electron chi connectivity index (χ4n) is 3.56. The third-order valence-electron chi connectivity index (χ3n) is 5.04. The zero-order valence-corrected chi connectivity index (χ0v) is 16.9. The van der Waals surface area contributed by atoms with Gasteiger partial charge in [0.25, 0.3) is 5.91 Å². The highest BCUT2D eigenvalue weighted by molar-refractivity contribution is 7.91. The minimum Gasteiger partial charge on any atom is -0.356 e. The van der Waals surface area contributed by atoms with E-state index < -0.39 is 9.84 Å². The van der Waals surface area contributed by atoms with Gasteiger partial charge in [0.1, 0.15) is 5.82 Å². The Morgan fingerprint density at radius 1 is 1.19 bits per heavy atom. The Bertz CT molecular complexity index is 945. The van der Waals surface area contributed by atoms with Crippen LogP contribution in [0, 0.1) is 20.8 Å². The maximum atomic E-state index is 12.6. The van der Waals surface area contributed by atoms with Gasteiger partial charge in [-0.1, -0.05) is 17.7 Å². The number of rotatable bonds is 4. The molecule has 1 N–H and O–H groups in total. The molecule has 1 fully saturated rings. The number of nitrogens with one attached hydrogen (secondary N) is 1. The second-order valence-electron chi connectivity index (χ2n) is 7.30. The second-order valence-corrected chi connectivity index (χ2v) is 9.53. The number of anilines is 2. The van der Waals surface area contributed by atoms with E-state index in [1.165, 1.54) is 6.20 Å². The maximum absolute atomic E-state index is 12.6. The standard InChI is InChI=1S/C20H25N3O3S/c1-13-9-14(2)19(15(3)10-13)22-20(24)16-5-6-18(21-11-16)23(4)17-7-8-27(25,26)12-17/h5-6,9-11,17H,7-8,12H2,1-4H3,(H,22,24). The first-order chi connectivity index (χ1) is 12.7. The predicted octanol–water partition coefficient (Wildman–Crippen LogP) is 2.88. The van der Waals surface area contributed by atoms with Gasteiger partial charge in [-0.15, -0.1) is 0 Å². The van der Waals surface area contributed by atoms with Crippen LogP contribution in [0.25, 0.3) is 0 Å². The summed E-state index contributed by atoms with van der Waals surface area (Å²) in [6.45, 7) is 5.98. The van der Waals surface area contributed by atoms with Crippen molar-refractivity contribution in [2.24, 2.45) is 0 Å². The number of pyridine rings is 1. The van der Waals surface area contributed by atoms with Gasteiger partial charge >= 0.3 is 0 Å². The molecule has 0 spiro atoms. The monoisotopic (exact) mass is 387 g/mol. The molecule has 0 aliphatic carbocycles. The van der Waals surface area contributed by atoms with Crippen LogP contribution in [-0.4, -0.2) is 43.9 Å². The van der Waals surface area contributed by atoms with Gasteiger partial charge in [0.05, 0.1) is 17.1 Å². The van der Waals surface area contributed by atoms with Crippen molar-refractivity contribution in [3.8, 4) is 0 Å². The molecule has 1 aromatic heterocycles. The van der Waals surface area contributed by atoms with E-state index in [0.29, 0.717) is 17.8 Å². The summed E-state index contributed by atoms with van der Waals surface area (Å²) in [5, 5.41) is 2.96. The molecule has 0 saturated carbocycles. The van der Waals surface area contributed by atoms with Crippen LogP contribution in [0.2, 0.25) is 0 Å². The molecular weight excluding hydrogens is 362 g/mol. The van der Waals surface area contributed by atoms with Gasteiger partial charge in [-0.25, -0.2) is 13.4 Å². The van der Waals surface area contributed by atoms with Gasteiger partial charge in [0.2, 0.25) is 0 Å². The van der Waals surface area contributed by atoms with Crippen molar-refractivity contribution in [2.75, 3.05) is 28.8 Å². The topological polar surface area (TPSA) is 79.4 Å². The van der Waals surface area contributed by atoms with Crippen LogP contribution in [0.5, 0.6) is 0 Å². The van der Waals surface area contributed by atoms with Crippen molar-refractivity contribution < 1.29 is 13.2 Å². The van der Waals surface area contributed by atoms with Crippen molar-refractivity contribution in [3.63, 3.8) is 0 Å². The lowest BCUT2D eigenvalue weighted by molar-refractivity contribution is 0.102. The first kappa shape index (κ1) is 19.4. The van der Waals surface area contributed by atoms with E-state index in [1.807, 2.05) is 44.9 Å². The summed E-state index contributed by atoms with van der Waals surface area (Å²) in [6.07, 6.45) is 2.14. The zero-order valence-electron chi connectivity index (χ0n) is 16.1. The number of aryl methyl sites for hydroxylation is 3. The Labute approximate surface area is 160 Å². The SMILES string of the molecule is Cc1cc(C)c(NC(=O)c2ccc(N(C)C3CCS(=O)(=O)C3)nc2)c(C)c1. The first-order valence-corrected chi connectivity index (χ1v) is 10.8. The molecule has 144 valence electrons. The Morgan fingerprint density at radius 2 is 1.85 bits per heavy atom. The van der Waals surface area contributed by atoms with Gasteiger partial charge in [-0.3, -0.25) is 4.79 Å². The van der Waals surface area contributed by atoms with E-state index in [1.54, 1.807) is 12.1 Å². The quantitative estimate of drug-likeness (QED) is 0.873. The van der Waals surface area contributed by atoms with Crippen LogP contribution in [0.1, 0.15) is 33.5 Å². The summed E-state index contributed by atoms with van der Waals surface area (Å²) in [6, 6.07) is 7.48. The molecule has 0 bridgehead atoms. The van der Waals surface area contributed by atoms with Gasteiger partial charge < -0.3 is 10.2 Å². The molecule has 1 saturated heterocycles. The normalized spacial score (nSPS) is 18.3. The number of amides is 1. The fraction of sp³-hybridized carbons (Fsp3) is 0.400. The van der Waals surface area contributed by atoms with Crippen molar-refractivity contribution in [1.29, 1.82) is 0 Å². The minimum atomic E-state index is -2.95. The van der Waals surface area contributed by atoms with Gasteiger partial charge in [0, 0.05) is 25.0 Å². The van der Waals surface area contributed by atoms with Crippen molar-refractivity contribution in [1.82, 2.24) is 4.98 Å². The molecule has 3 rings (SSSR count). The van der Waals surface area contributed by atoms with Crippen molar-refractivity contribution >= 4 is 27.2 Å². The van der Waals surface area contributed by atoms with Crippen LogP contribution in [0.15, 0.2) is 30.5 Å². The Balaban J connectivity index is 1.73. The Hall–Kier alpha value is -2.41. The highest BCUT2D eigenvalue weighted by atomic mass is 32.2. The lowest BCUT2D eigenvalue weighted by Crippen LogP contribution is -2.33. The van der Waals surface area contributed by atoms with E-state index in [2.05, 4.69) is 10.3 Å². The number of benzene rings is 1. The fourth-order valence-corrected chi connectivity index (χ4v) is 5.33. The highest BCUT2D eigenvalue weighted by Crippen LogP contribution is 2.24. The number of sulfone groups is 1. The van der Waals surface area contributed by atoms with E-state index in [4.69, 9.17) is 0 Å². The molecule has 27 heavy (non-hydrogen) atoms. The third-order valence-corrected chi connectivity index (χ3v) is 6.79. The number of hydrogen-bond acceptors (Lipinski definition) is 5.